The fourth-order valence-electron chi connectivity index (χ4n) is 4.89. The van der Waals surface area contributed by atoms with Crippen molar-refractivity contribution in [3.63, 3.8) is 0 Å². The Morgan fingerprint density at radius 1 is 1.00 bits per heavy atom. The molecule has 35 heavy (non-hydrogen) atoms. The molecule has 0 spiro atoms. The highest BCUT2D eigenvalue weighted by Crippen LogP contribution is 2.43. The molecular formula is C29H32O6. The molecule has 0 unspecified atom stereocenters. The van der Waals surface area contributed by atoms with E-state index < -0.39 is 18.2 Å². The van der Waals surface area contributed by atoms with E-state index >= 15 is 0 Å². The van der Waals surface area contributed by atoms with Crippen LogP contribution in [0.15, 0.2) is 72.8 Å². The number of carbonyl (C=O) groups excluding carboxylic acids is 3. The van der Waals surface area contributed by atoms with Gasteiger partial charge in [0.25, 0.3) is 0 Å². The summed E-state index contributed by atoms with van der Waals surface area (Å²) in [4.78, 5) is 37.4. The second kappa shape index (κ2) is 11.8. The number of rotatable bonds is 10. The number of fused-ring (bicyclic) bond motifs is 1. The standard InChI is InChI=1S/C29H32O6/c1-2-3-6-15-22(33-28(31)20-11-7-4-8-12-20)16-17-23-24-18-27(30)34-26(24)19-25(23)35-29(32)21-13-9-5-10-14-21/h4-5,7-14,16-17,22-26H,2-3,6,15,18-19H2,1H3/t22-,23+,24+,25+,26-/m0/s1. The highest BCUT2D eigenvalue weighted by molar-refractivity contribution is 5.90. The lowest BCUT2D eigenvalue weighted by Crippen LogP contribution is -2.25. The van der Waals surface area contributed by atoms with Gasteiger partial charge in [0, 0.05) is 18.3 Å². The Balaban J connectivity index is 1.49. The molecule has 184 valence electrons. The predicted molar refractivity (Wildman–Crippen MR) is 131 cm³/mol. The van der Waals surface area contributed by atoms with Crippen molar-refractivity contribution in [2.45, 2.75) is 63.8 Å². The average Bonchev–Trinajstić information content (AvgIpc) is 3.38. The summed E-state index contributed by atoms with van der Waals surface area (Å²) in [6.07, 6.45) is 7.27. The van der Waals surface area contributed by atoms with E-state index in [9.17, 15) is 14.4 Å². The molecule has 6 heteroatoms. The smallest absolute Gasteiger partial charge is 0.338 e. The first-order valence-corrected chi connectivity index (χ1v) is 12.4. The molecule has 2 aliphatic rings. The van der Waals surface area contributed by atoms with Crippen molar-refractivity contribution in [2.75, 3.05) is 0 Å². The van der Waals surface area contributed by atoms with E-state index in [0.29, 0.717) is 30.4 Å². The van der Waals surface area contributed by atoms with E-state index in [1.165, 1.54) is 0 Å². The van der Waals surface area contributed by atoms with Gasteiger partial charge in [0.1, 0.15) is 18.3 Å². The number of carbonyl (C=O) groups is 3. The lowest BCUT2D eigenvalue weighted by Gasteiger charge is -2.21. The summed E-state index contributed by atoms with van der Waals surface area (Å²) in [6, 6.07) is 17.8. The molecule has 2 aromatic carbocycles. The van der Waals surface area contributed by atoms with Gasteiger partial charge >= 0.3 is 17.9 Å². The molecule has 1 saturated carbocycles. The van der Waals surface area contributed by atoms with Crippen molar-refractivity contribution < 1.29 is 28.6 Å². The third kappa shape index (κ3) is 6.38. The lowest BCUT2D eigenvalue weighted by atomic mass is 9.91. The summed E-state index contributed by atoms with van der Waals surface area (Å²) in [7, 11) is 0. The van der Waals surface area contributed by atoms with Crippen LogP contribution >= 0.6 is 0 Å². The molecule has 6 nitrogen and oxygen atoms in total. The van der Waals surface area contributed by atoms with Crippen LogP contribution in [0.5, 0.6) is 0 Å². The zero-order chi connectivity index (χ0) is 24.6. The first kappa shape index (κ1) is 24.7. The predicted octanol–water partition coefficient (Wildman–Crippen LogP) is 5.53. The van der Waals surface area contributed by atoms with Gasteiger partial charge in [0.05, 0.1) is 17.5 Å². The van der Waals surface area contributed by atoms with Gasteiger partial charge in [-0.3, -0.25) is 4.79 Å². The molecular weight excluding hydrogens is 444 g/mol. The third-order valence-electron chi connectivity index (χ3n) is 6.73. The number of hydrogen-bond acceptors (Lipinski definition) is 6. The maximum atomic E-state index is 12.7. The molecule has 1 heterocycles. The van der Waals surface area contributed by atoms with E-state index in [2.05, 4.69) is 6.92 Å². The van der Waals surface area contributed by atoms with Gasteiger partial charge in [-0.2, -0.15) is 0 Å². The topological polar surface area (TPSA) is 78.9 Å². The normalized spacial score (nSPS) is 24.1. The van der Waals surface area contributed by atoms with Crippen molar-refractivity contribution in [3.05, 3.63) is 83.9 Å². The van der Waals surface area contributed by atoms with E-state index in [1.807, 2.05) is 24.3 Å². The second-order valence-electron chi connectivity index (χ2n) is 9.21. The van der Waals surface area contributed by atoms with Gasteiger partial charge in [-0.15, -0.1) is 0 Å². The Labute approximate surface area is 206 Å². The van der Waals surface area contributed by atoms with Crippen LogP contribution in [0.1, 0.15) is 66.2 Å². The Bertz CT molecular complexity index is 1030. The van der Waals surface area contributed by atoms with Gasteiger partial charge < -0.3 is 14.2 Å². The maximum absolute atomic E-state index is 12.7. The number of benzene rings is 2. The van der Waals surface area contributed by atoms with Gasteiger partial charge in [0.15, 0.2) is 0 Å². The first-order valence-electron chi connectivity index (χ1n) is 12.4. The van der Waals surface area contributed by atoms with Gasteiger partial charge in [0.2, 0.25) is 0 Å². The zero-order valence-corrected chi connectivity index (χ0v) is 20.0. The lowest BCUT2D eigenvalue weighted by molar-refractivity contribution is -0.141. The van der Waals surface area contributed by atoms with Crippen molar-refractivity contribution in [3.8, 4) is 0 Å². The van der Waals surface area contributed by atoms with Crippen LogP contribution in [-0.4, -0.2) is 36.2 Å². The number of unbranched alkanes of at least 4 members (excludes halogenated alkanes) is 2. The fourth-order valence-corrected chi connectivity index (χ4v) is 4.89. The van der Waals surface area contributed by atoms with Crippen molar-refractivity contribution >= 4 is 17.9 Å². The summed E-state index contributed by atoms with van der Waals surface area (Å²) < 4.78 is 17.2. The van der Waals surface area contributed by atoms with Crippen LogP contribution in [0, 0.1) is 11.8 Å². The van der Waals surface area contributed by atoms with Crippen LogP contribution in [0.25, 0.3) is 0 Å². The Kier molecular flexibility index (Phi) is 8.35. The molecule has 0 amide bonds. The summed E-state index contributed by atoms with van der Waals surface area (Å²) in [6.45, 7) is 2.13. The van der Waals surface area contributed by atoms with Crippen LogP contribution in [-0.2, 0) is 19.0 Å². The summed E-state index contributed by atoms with van der Waals surface area (Å²) in [5.74, 6) is -1.24. The SMILES string of the molecule is CCCCC[C@@H](C=C[C@@H]1[C@H]2CC(=O)O[C@H]2C[C@H]1OC(=O)c1ccccc1)OC(=O)c1ccccc1. The number of esters is 3. The molecule has 2 aromatic rings. The van der Waals surface area contributed by atoms with Gasteiger partial charge in [-0.05, 0) is 43.2 Å². The Morgan fingerprint density at radius 2 is 1.66 bits per heavy atom. The van der Waals surface area contributed by atoms with Crippen LogP contribution in [0.3, 0.4) is 0 Å². The molecule has 0 radical (unpaired) electrons. The largest absolute Gasteiger partial charge is 0.462 e. The van der Waals surface area contributed by atoms with Crippen molar-refractivity contribution in [2.24, 2.45) is 11.8 Å². The van der Waals surface area contributed by atoms with E-state index in [1.54, 1.807) is 48.5 Å². The summed E-state index contributed by atoms with van der Waals surface area (Å²) >= 11 is 0. The minimum atomic E-state index is -0.414. The van der Waals surface area contributed by atoms with Crippen molar-refractivity contribution in [1.82, 2.24) is 0 Å². The van der Waals surface area contributed by atoms with E-state index in [4.69, 9.17) is 14.2 Å². The first-order chi connectivity index (χ1) is 17.0. The highest BCUT2D eigenvalue weighted by atomic mass is 16.6. The molecule has 0 aromatic heterocycles. The molecule has 1 aliphatic heterocycles. The Morgan fingerprint density at radius 3 is 2.31 bits per heavy atom. The molecule has 2 fully saturated rings. The Hall–Kier alpha value is -3.41. The minimum absolute atomic E-state index is 0.0616. The van der Waals surface area contributed by atoms with Crippen LogP contribution < -0.4 is 0 Å². The zero-order valence-electron chi connectivity index (χ0n) is 20.0. The minimum Gasteiger partial charge on any atom is -0.462 e. The molecule has 1 saturated heterocycles. The highest BCUT2D eigenvalue weighted by Gasteiger charge is 2.50. The van der Waals surface area contributed by atoms with Crippen LogP contribution in [0.4, 0.5) is 0 Å². The van der Waals surface area contributed by atoms with E-state index in [-0.39, 0.29) is 29.9 Å². The fraction of sp³-hybridized carbons (Fsp3) is 0.414. The summed E-state index contributed by atoms with van der Waals surface area (Å²) in [5, 5.41) is 0. The van der Waals surface area contributed by atoms with Gasteiger partial charge in [-0.1, -0.05) is 62.2 Å². The second-order valence-corrected chi connectivity index (χ2v) is 9.21. The molecule has 0 N–H and O–H groups in total. The quantitative estimate of drug-likeness (QED) is 0.194. The van der Waals surface area contributed by atoms with E-state index in [0.717, 1.165) is 19.3 Å². The summed E-state index contributed by atoms with van der Waals surface area (Å²) in [5.41, 5.74) is 0.991. The van der Waals surface area contributed by atoms with Crippen molar-refractivity contribution in [1.29, 1.82) is 0 Å². The van der Waals surface area contributed by atoms with Crippen LogP contribution in [0.2, 0.25) is 0 Å². The molecule has 0 bridgehead atoms. The molecule has 1 aliphatic carbocycles. The maximum Gasteiger partial charge on any atom is 0.338 e. The van der Waals surface area contributed by atoms with Gasteiger partial charge in [-0.25, -0.2) is 9.59 Å². The number of ether oxygens (including phenoxy) is 3. The number of hydrogen-bond donors (Lipinski definition) is 0. The molecule has 4 rings (SSSR count). The molecule has 5 atom stereocenters. The average molecular weight is 477 g/mol. The third-order valence-corrected chi connectivity index (χ3v) is 6.73. The monoisotopic (exact) mass is 476 g/mol.